The molecule has 1 saturated heterocycles. The second kappa shape index (κ2) is 8.86. The zero-order valence-corrected chi connectivity index (χ0v) is 17.6. The second-order valence-electron chi connectivity index (χ2n) is 7.88. The van der Waals surface area contributed by atoms with Crippen molar-refractivity contribution in [3.8, 4) is 0 Å². The number of hydrogen-bond donors (Lipinski definition) is 0. The number of aromatic nitrogens is 3. The van der Waals surface area contributed by atoms with E-state index in [1.807, 2.05) is 42.5 Å². The van der Waals surface area contributed by atoms with Crippen LogP contribution in [-0.4, -0.2) is 39.4 Å². The molecule has 2 aromatic heterocycles. The number of piperidine rings is 1. The van der Waals surface area contributed by atoms with Gasteiger partial charge in [-0.25, -0.2) is 0 Å². The molecule has 1 aliphatic rings. The molecule has 29 heavy (non-hydrogen) atoms. The van der Waals surface area contributed by atoms with Gasteiger partial charge in [0, 0.05) is 18.7 Å². The van der Waals surface area contributed by atoms with Gasteiger partial charge in [-0.05, 0) is 30.4 Å². The molecule has 4 rings (SSSR count). The Morgan fingerprint density at radius 1 is 1.10 bits per heavy atom. The Hall–Kier alpha value is -2.54. The number of thioether (sulfide) groups is 1. The molecule has 3 heterocycles. The lowest BCUT2D eigenvalue weighted by Crippen LogP contribution is -2.40. The standard InChI is InChI=1S/C22H26N4O2S/c1-16-11-17(2)13-25(12-16)21-23-24-22(26(21)14-19-9-6-10-28-19)29-15-20(27)18-7-4-3-5-8-18/h3-10,16-17H,11-15H2,1-2H3. The zero-order chi connectivity index (χ0) is 20.2. The molecule has 0 N–H and O–H groups in total. The normalized spacial score (nSPS) is 19.4. The van der Waals surface area contributed by atoms with Crippen molar-refractivity contribution >= 4 is 23.5 Å². The van der Waals surface area contributed by atoms with Gasteiger partial charge in [0.05, 0.1) is 18.6 Å². The quantitative estimate of drug-likeness (QED) is 0.426. The number of nitrogens with zero attached hydrogens (tertiary/aromatic N) is 4. The molecule has 1 fully saturated rings. The summed E-state index contributed by atoms with van der Waals surface area (Å²) in [6.07, 6.45) is 2.91. The highest BCUT2D eigenvalue weighted by molar-refractivity contribution is 7.99. The maximum atomic E-state index is 12.5. The molecule has 152 valence electrons. The Morgan fingerprint density at radius 3 is 2.55 bits per heavy atom. The monoisotopic (exact) mass is 410 g/mol. The topological polar surface area (TPSA) is 64.2 Å². The molecule has 7 heteroatoms. The molecule has 0 radical (unpaired) electrons. The molecule has 1 aliphatic heterocycles. The molecule has 2 unspecified atom stereocenters. The predicted octanol–water partition coefficient (Wildman–Crippen LogP) is 4.38. The van der Waals surface area contributed by atoms with Crippen LogP contribution in [0.15, 0.2) is 58.3 Å². The molecule has 0 spiro atoms. The molecule has 6 nitrogen and oxygen atoms in total. The van der Waals surface area contributed by atoms with Crippen LogP contribution < -0.4 is 4.90 Å². The van der Waals surface area contributed by atoms with E-state index in [2.05, 4.69) is 33.5 Å². The van der Waals surface area contributed by atoms with Crippen molar-refractivity contribution in [1.29, 1.82) is 0 Å². The van der Waals surface area contributed by atoms with Gasteiger partial charge in [-0.15, -0.1) is 10.2 Å². The molecule has 0 bridgehead atoms. The maximum Gasteiger partial charge on any atom is 0.228 e. The van der Waals surface area contributed by atoms with Gasteiger partial charge in [-0.2, -0.15) is 0 Å². The van der Waals surface area contributed by atoms with Crippen molar-refractivity contribution in [2.24, 2.45) is 11.8 Å². The fourth-order valence-corrected chi connectivity index (χ4v) is 4.81. The lowest BCUT2D eigenvalue weighted by molar-refractivity contribution is 0.102. The average molecular weight is 411 g/mol. The van der Waals surface area contributed by atoms with Gasteiger partial charge in [0.25, 0.3) is 0 Å². The number of furan rings is 1. The largest absolute Gasteiger partial charge is 0.467 e. The summed E-state index contributed by atoms with van der Waals surface area (Å²) in [7, 11) is 0. The van der Waals surface area contributed by atoms with Gasteiger partial charge in [-0.1, -0.05) is 55.9 Å². The van der Waals surface area contributed by atoms with Gasteiger partial charge >= 0.3 is 0 Å². The summed E-state index contributed by atoms with van der Waals surface area (Å²) in [5.74, 6) is 3.35. The molecule has 0 amide bonds. The molecule has 0 aliphatic carbocycles. The van der Waals surface area contributed by atoms with E-state index < -0.39 is 0 Å². The lowest BCUT2D eigenvalue weighted by Gasteiger charge is -2.35. The van der Waals surface area contributed by atoms with Gasteiger partial charge in [0.1, 0.15) is 5.76 Å². The minimum absolute atomic E-state index is 0.0879. The minimum Gasteiger partial charge on any atom is -0.467 e. The number of carbonyl (C=O) groups excluding carboxylic acids is 1. The van der Waals surface area contributed by atoms with Crippen LogP contribution in [0.3, 0.4) is 0 Å². The highest BCUT2D eigenvalue weighted by Crippen LogP contribution is 2.29. The van der Waals surface area contributed by atoms with Crippen LogP contribution in [0.5, 0.6) is 0 Å². The number of benzene rings is 1. The summed E-state index contributed by atoms with van der Waals surface area (Å²) in [6, 6.07) is 13.2. The Balaban J connectivity index is 1.56. The number of hydrogen-bond acceptors (Lipinski definition) is 6. The van der Waals surface area contributed by atoms with Crippen molar-refractivity contribution in [3.63, 3.8) is 0 Å². The summed E-state index contributed by atoms with van der Waals surface area (Å²) in [4.78, 5) is 14.9. The Morgan fingerprint density at radius 2 is 1.86 bits per heavy atom. The van der Waals surface area contributed by atoms with Crippen molar-refractivity contribution in [3.05, 3.63) is 60.1 Å². The third-order valence-corrected chi connectivity index (χ3v) is 6.14. The Kier molecular flexibility index (Phi) is 6.04. The first kappa shape index (κ1) is 19.8. The van der Waals surface area contributed by atoms with Crippen LogP contribution >= 0.6 is 11.8 Å². The first-order chi connectivity index (χ1) is 14.1. The van der Waals surface area contributed by atoms with Crippen molar-refractivity contribution in [2.45, 2.75) is 32.0 Å². The first-order valence-corrected chi connectivity index (χ1v) is 11.0. The van der Waals surface area contributed by atoms with Gasteiger partial charge in [0.2, 0.25) is 5.95 Å². The van der Waals surface area contributed by atoms with Crippen LogP contribution in [0.25, 0.3) is 0 Å². The molecule has 2 atom stereocenters. The van der Waals surface area contributed by atoms with E-state index in [0.29, 0.717) is 24.1 Å². The van der Waals surface area contributed by atoms with Gasteiger partial charge in [0.15, 0.2) is 10.9 Å². The highest BCUT2D eigenvalue weighted by atomic mass is 32.2. The molecule has 0 saturated carbocycles. The van der Waals surface area contributed by atoms with Gasteiger partial charge in [-0.3, -0.25) is 9.36 Å². The fraction of sp³-hybridized carbons (Fsp3) is 0.409. The molecular formula is C22H26N4O2S. The summed E-state index contributed by atoms with van der Waals surface area (Å²) >= 11 is 1.43. The summed E-state index contributed by atoms with van der Waals surface area (Å²) in [6.45, 7) is 7.05. The number of carbonyl (C=O) groups is 1. The zero-order valence-electron chi connectivity index (χ0n) is 16.8. The number of ketones is 1. The first-order valence-electron chi connectivity index (χ1n) is 10.0. The predicted molar refractivity (Wildman–Crippen MR) is 114 cm³/mol. The van der Waals surface area contributed by atoms with Crippen LogP contribution in [0.2, 0.25) is 0 Å². The summed E-state index contributed by atoms with van der Waals surface area (Å²) < 4.78 is 7.65. The van der Waals surface area contributed by atoms with E-state index in [-0.39, 0.29) is 5.78 Å². The number of rotatable bonds is 7. The summed E-state index contributed by atoms with van der Waals surface area (Å²) in [5.41, 5.74) is 0.719. The van der Waals surface area contributed by atoms with Crippen molar-refractivity contribution < 1.29 is 9.21 Å². The van der Waals surface area contributed by atoms with E-state index in [9.17, 15) is 4.79 Å². The average Bonchev–Trinajstić information content (AvgIpc) is 3.36. The summed E-state index contributed by atoms with van der Waals surface area (Å²) in [5, 5.41) is 9.68. The van der Waals surface area contributed by atoms with Crippen LogP contribution in [-0.2, 0) is 6.54 Å². The highest BCUT2D eigenvalue weighted by Gasteiger charge is 2.27. The second-order valence-corrected chi connectivity index (χ2v) is 8.82. The number of Topliss-reactive ketones (excluding diaryl/α,β-unsaturated/α-hetero) is 1. The van der Waals surface area contributed by atoms with E-state index >= 15 is 0 Å². The third kappa shape index (κ3) is 4.72. The molecular weight excluding hydrogens is 384 g/mol. The van der Waals surface area contributed by atoms with Crippen LogP contribution in [0, 0.1) is 11.8 Å². The van der Waals surface area contributed by atoms with E-state index in [4.69, 9.17) is 4.42 Å². The van der Waals surface area contributed by atoms with E-state index in [1.54, 1.807) is 6.26 Å². The van der Waals surface area contributed by atoms with E-state index in [0.717, 1.165) is 35.5 Å². The van der Waals surface area contributed by atoms with Gasteiger partial charge < -0.3 is 9.32 Å². The number of anilines is 1. The van der Waals surface area contributed by atoms with Crippen molar-refractivity contribution in [1.82, 2.24) is 14.8 Å². The third-order valence-electron chi connectivity index (χ3n) is 5.17. The maximum absolute atomic E-state index is 12.5. The molecule has 3 aromatic rings. The SMILES string of the molecule is CC1CC(C)CN(c2nnc(SCC(=O)c3ccccc3)n2Cc2ccco2)C1. The smallest absolute Gasteiger partial charge is 0.228 e. The fourth-order valence-electron chi connectivity index (χ4n) is 3.98. The van der Waals surface area contributed by atoms with Crippen LogP contribution in [0.1, 0.15) is 36.4 Å². The Bertz CT molecular complexity index is 929. The molecule has 1 aromatic carbocycles. The van der Waals surface area contributed by atoms with E-state index in [1.165, 1.54) is 18.2 Å². The minimum atomic E-state index is 0.0879. The Labute approximate surface area is 175 Å². The van der Waals surface area contributed by atoms with Crippen LogP contribution in [0.4, 0.5) is 5.95 Å². The van der Waals surface area contributed by atoms with Crippen molar-refractivity contribution in [2.75, 3.05) is 23.7 Å². The lowest BCUT2D eigenvalue weighted by atomic mass is 9.92.